The van der Waals surface area contributed by atoms with Crippen LogP contribution in [0.4, 0.5) is 5.69 Å². The first kappa shape index (κ1) is 19.0. The average Bonchev–Trinajstić information content (AvgIpc) is 2.90. The van der Waals surface area contributed by atoms with E-state index in [0.717, 1.165) is 17.1 Å². The van der Waals surface area contributed by atoms with Gasteiger partial charge in [0, 0.05) is 12.8 Å². The summed E-state index contributed by atoms with van der Waals surface area (Å²) in [4.78, 5) is 25.5. The molecule has 140 valence electrons. The van der Waals surface area contributed by atoms with Gasteiger partial charge in [0.05, 0.1) is 16.6 Å². The third kappa shape index (κ3) is 4.17. The number of para-hydroxylation sites is 1. The summed E-state index contributed by atoms with van der Waals surface area (Å²) in [6.45, 7) is 3.69. The number of anilines is 1. The van der Waals surface area contributed by atoms with Gasteiger partial charge in [-0.05, 0) is 31.5 Å². The van der Waals surface area contributed by atoms with Crippen molar-refractivity contribution in [1.82, 2.24) is 9.36 Å². The van der Waals surface area contributed by atoms with Crippen LogP contribution in [0.25, 0.3) is 5.69 Å². The average molecular weight is 382 g/mol. The lowest BCUT2D eigenvalue weighted by Gasteiger charge is -2.11. The fourth-order valence-corrected chi connectivity index (χ4v) is 3.65. The van der Waals surface area contributed by atoms with Crippen LogP contribution >= 0.6 is 11.8 Å². The zero-order valence-electron chi connectivity index (χ0n) is 15.7. The summed E-state index contributed by atoms with van der Waals surface area (Å²) in [5.74, 6) is 0.583. The van der Waals surface area contributed by atoms with Crippen LogP contribution in [0.15, 0.2) is 65.5 Å². The van der Waals surface area contributed by atoms with Gasteiger partial charge in [0.1, 0.15) is 5.69 Å². The Morgan fingerprint density at radius 2 is 1.67 bits per heavy atom. The van der Waals surface area contributed by atoms with E-state index in [1.165, 1.54) is 5.56 Å². The van der Waals surface area contributed by atoms with E-state index in [9.17, 15) is 9.59 Å². The van der Waals surface area contributed by atoms with Gasteiger partial charge in [-0.2, -0.15) is 0 Å². The van der Waals surface area contributed by atoms with Crippen molar-refractivity contribution in [2.75, 3.05) is 5.32 Å². The van der Waals surface area contributed by atoms with Crippen LogP contribution in [0.1, 0.15) is 18.2 Å². The van der Waals surface area contributed by atoms with Crippen LogP contribution in [-0.2, 0) is 17.6 Å². The molecule has 0 spiro atoms. The van der Waals surface area contributed by atoms with Crippen LogP contribution in [0.3, 0.4) is 0 Å². The van der Waals surface area contributed by atoms with Crippen LogP contribution < -0.4 is 10.9 Å². The molecule has 1 aromatic heterocycles. The van der Waals surface area contributed by atoms with E-state index in [1.807, 2.05) is 81.6 Å². The lowest BCUT2D eigenvalue weighted by molar-refractivity contribution is -0.115. The molecule has 0 aliphatic rings. The van der Waals surface area contributed by atoms with E-state index in [1.54, 1.807) is 21.1 Å². The molecule has 2 aromatic carbocycles. The second-order valence-corrected chi connectivity index (χ2v) is 7.69. The van der Waals surface area contributed by atoms with Gasteiger partial charge in [-0.1, -0.05) is 48.5 Å². The van der Waals surface area contributed by atoms with Crippen molar-refractivity contribution in [3.8, 4) is 5.69 Å². The standard InChI is InChI=1S/C21H23N3O2S/c1-15-19(21(26)24(23(15)3)18-12-8-5-9-13-18)22-20(25)16(2)27-14-17-10-6-4-7-11-17/h4-13,16H,14H2,1-3H3,(H,22,25)/t16-/m1/s1. The largest absolute Gasteiger partial charge is 0.319 e. The lowest BCUT2D eigenvalue weighted by Crippen LogP contribution is -2.27. The Bertz CT molecular complexity index is 978. The highest BCUT2D eigenvalue weighted by molar-refractivity contribution is 7.99. The van der Waals surface area contributed by atoms with E-state index in [2.05, 4.69) is 5.32 Å². The molecule has 0 aliphatic carbocycles. The molecule has 27 heavy (non-hydrogen) atoms. The highest BCUT2D eigenvalue weighted by Gasteiger charge is 2.21. The highest BCUT2D eigenvalue weighted by Crippen LogP contribution is 2.20. The van der Waals surface area contributed by atoms with Gasteiger partial charge >= 0.3 is 0 Å². The van der Waals surface area contributed by atoms with E-state index >= 15 is 0 Å². The monoisotopic (exact) mass is 381 g/mol. The first-order chi connectivity index (χ1) is 13.0. The third-order valence-electron chi connectivity index (χ3n) is 4.51. The van der Waals surface area contributed by atoms with Gasteiger partial charge in [-0.15, -0.1) is 11.8 Å². The minimum absolute atomic E-state index is 0.165. The zero-order chi connectivity index (χ0) is 19.4. The summed E-state index contributed by atoms with van der Waals surface area (Å²) in [5.41, 5.74) is 2.76. The number of aromatic nitrogens is 2. The van der Waals surface area contributed by atoms with Gasteiger partial charge in [0.25, 0.3) is 5.56 Å². The fourth-order valence-electron chi connectivity index (χ4n) is 2.81. The number of carbonyl (C=O) groups is 1. The molecular weight excluding hydrogens is 358 g/mol. The van der Waals surface area contributed by atoms with Crippen molar-refractivity contribution in [3.63, 3.8) is 0 Å². The summed E-state index contributed by atoms with van der Waals surface area (Å²) in [7, 11) is 1.81. The number of carbonyl (C=O) groups excluding carboxylic acids is 1. The molecule has 0 bridgehead atoms. The summed E-state index contributed by atoms with van der Waals surface area (Å²) in [5, 5.41) is 2.56. The molecule has 0 saturated carbocycles. The molecule has 0 aliphatic heterocycles. The van der Waals surface area contributed by atoms with Crippen molar-refractivity contribution >= 4 is 23.4 Å². The molecule has 0 saturated heterocycles. The van der Waals surface area contributed by atoms with Crippen LogP contribution in [0.5, 0.6) is 0 Å². The molecule has 3 aromatic rings. The predicted octanol–water partition coefficient (Wildman–Crippen LogP) is 3.74. The second kappa shape index (κ2) is 8.31. The molecule has 0 unspecified atom stereocenters. The van der Waals surface area contributed by atoms with Gasteiger partial charge in [0.15, 0.2) is 0 Å². The highest BCUT2D eigenvalue weighted by atomic mass is 32.2. The Hall–Kier alpha value is -2.73. The Labute approximate surface area is 163 Å². The predicted molar refractivity (Wildman–Crippen MR) is 112 cm³/mol. The van der Waals surface area contributed by atoms with Crippen molar-refractivity contribution in [2.45, 2.75) is 24.9 Å². The van der Waals surface area contributed by atoms with E-state index in [-0.39, 0.29) is 16.7 Å². The first-order valence-corrected chi connectivity index (χ1v) is 9.84. The number of thioether (sulfide) groups is 1. The topological polar surface area (TPSA) is 56.0 Å². The lowest BCUT2D eigenvalue weighted by atomic mass is 10.2. The Morgan fingerprint density at radius 1 is 1.07 bits per heavy atom. The molecule has 6 heteroatoms. The normalized spacial score (nSPS) is 12.0. The zero-order valence-corrected chi connectivity index (χ0v) is 16.5. The summed E-state index contributed by atoms with van der Waals surface area (Å²) < 4.78 is 3.32. The quantitative estimate of drug-likeness (QED) is 0.708. The molecule has 0 radical (unpaired) electrons. The summed E-state index contributed by atoms with van der Waals surface area (Å²) in [6.07, 6.45) is 0. The number of nitrogens with one attached hydrogen (secondary N) is 1. The number of hydrogen-bond acceptors (Lipinski definition) is 3. The Kier molecular flexibility index (Phi) is 5.86. The van der Waals surface area contributed by atoms with Gasteiger partial charge in [-0.3, -0.25) is 14.3 Å². The molecule has 1 heterocycles. The number of rotatable bonds is 6. The summed E-state index contributed by atoms with van der Waals surface area (Å²) in [6, 6.07) is 19.4. The van der Waals surface area contributed by atoms with E-state index in [4.69, 9.17) is 0 Å². The van der Waals surface area contributed by atoms with Gasteiger partial charge in [-0.25, -0.2) is 4.68 Å². The first-order valence-electron chi connectivity index (χ1n) is 8.79. The second-order valence-electron chi connectivity index (χ2n) is 6.36. The Morgan fingerprint density at radius 3 is 2.30 bits per heavy atom. The van der Waals surface area contributed by atoms with Crippen LogP contribution in [-0.4, -0.2) is 20.5 Å². The van der Waals surface area contributed by atoms with Crippen molar-refractivity contribution in [1.29, 1.82) is 0 Å². The molecule has 1 N–H and O–H groups in total. The molecule has 0 fully saturated rings. The maximum atomic E-state index is 12.9. The smallest absolute Gasteiger partial charge is 0.295 e. The van der Waals surface area contributed by atoms with Gasteiger partial charge < -0.3 is 5.32 Å². The van der Waals surface area contributed by atoms with Crippen molar-refractivity contribution < 1.29 is 4.79 Å². The van der Waals surface area contributed by atoms with Crippen LogP contribution in [0.2, 0.25) is 0 Å². The van der Waals surface area contributed by atoms with E-state index < -0.39 is 0 Å². The molecule has 1 atom stereocenters. The molecule has 5 nitrogen and oxygen atoms in total. The third-order valence-corrected chi connectivity index (χ3v) is 5.73. The Balaban J connectivity index is 1.75. The molecule has 3 rings (SSSR count). The number of amides is 1. The van der Waals surface area contributed by atoms with Crippen LogP contribution in [0, 0.1) is 6.92 Å². The van der Waals surface area contributed by atoms with E-state index in [0.29, 0.717) is 5.69 Å². The molecular formula is C21H23N3O2S. The molecule has 1 amide bonds. The fraction of sp³-hybridized carbons (Fsp3) is 0.238. The minimum Gasteiger partial charge on any atom is -0.319 e. The van der Waals surface area contributed by atoms with Crippen molar-refractivity contribution in [3.05, 3.63) is 82.3 Å². The maximum Gasteiger partial charge on any atom is 0.295 e. The van der Waals surface area contributed by atoms with Gasteiger partial charge in [0.2, 0.25) is 5.91 Å². The SMILES string of the molecule is Cc1c(NC(=O)[C@@H](C)SCc2ccccc2)c(=O)n(-c2ccccc2)n1C. The summed E-state index contributed by atoms with van der Waals surface area (Å²) >= 11 is 1.55. The van der Waals surface area contributed by atoms with Crippen molar-refractivity contribution in [2.24, 2.45) is 7.05 Å². The minimum atomic E-state index is -0.269. The number of hydrogen-bond donors (Lipinski definition) is 1. The number of nitrogens with zero attached hydrogens (tertiary/aromatic N) is 2. The maximum absolute atomic E-state index is 12.9. The number of benzene rings is 2.